The molecule has 4 nitrogen and oxygen atoms in total. The van der Waals surface area contributed by atoms with Crippen LogP contribution in [0.2, 0.25) is 0 Å². The van der Waals surface area contributed by atoms with Crippen molar-refractivity contribution >= 4 is 105 Å². The summed E-state index contributed by atoms with van der Waals surface area (Å²) in [4.78, 5) is 10.3. The maximum atomic E-state index is 2.66. The molecule has 1 atom stereocenters. The third kappa shape index (κ3) is 7.58. The van der Waals surface area contributed by atoms with Crippen molar-refractivity contribution in [1.29, 1.82) is 0 Å². The van der Waals surface area contributed by atoms with Crippen LogP contribution in [0.1, 0.15) is 30.4 Å². The van der Waals surface area contributed by atoms with Crippen LogP contribution in [0.3, 0.4) is 0 Å². The molecule has 4 heteroatoms. The van der Waals surface area contributed by atoms with Crippen molar-refractivity contribution in [2.45, 2.75) is 32.1 Å². The Morgan fingerprint density at radius 1 is 0.382 bits per heavy atom. The number of aryl methyl sites for hydroxylation is 2. The Balaban J connectivity index is 1.03. The fraction of sp³-hybridized carbons (Fsp3) is 0.111. The minimum Gasteiger partial charge on any atom is -0.340 e. The highest BCUT2D eigenvalue weighted by Crippen LogP contribution is 2.53. The first-order valence-electron chi connectivity index (χ1n) is 27.2. The fourth-order valence-corrected chi connectivity index (χ4v) is 13.0. The lowest BCUT2D eigenvalue weighted by atomic mass is 9.86. The zero-order chi connectivity index (χ0) is 50.1. The average Bonchev–Trinajstić information content (AvgIpc) is 3.50. The fourth-order valence-electron chi connectivity index (χ4n) is 13.0. The van der Waals surface area contributed by atoms with Gasteiger partial charge in [0, 0.05) is 86.1 Å². The van der Waals surface area contributed by atoms with Crippen molar-refractivity contribution in [2.75, 3.05) is 32.7 Å². The molecule has 11 aromatic carbocycles. The predicted octanol–water partition coefficient (Wildman–Crippen LogP) is 19.2. The number of hydrogen-bond acceptors (Lipinski definition) is 4. The summed E-state index contributed by atoms with van der Waals surface area (Å²) >= 11 is 0. The van der Waals surface area contributed by atoms with Gasteiger partial charge in [0.1, 0.15) is 0 Å². The standard InChI is InChI=1S/C72H56N4/c1-5-21-55-43-59(33-29-49(55)15-1)75(60-34-30-50-16-2-6-22-56(50)44-60)63-37-39-65-67(47-63)71(73-41-13-25-53-19-9-11-27-69(53)73)66-40-38-64(48-68(66)72(65)74-42-14-26-54-20-10-12-28-70(54)74)76(61-35-31-51-17-3-7-23-57(51)45-61)62-36-32-52-18-4-8-24-58(52)46-62/h1-12,15-24,27-31,33-40,43-48,52H,13-14,25-26,32,41-42H2. The summed E-state index contributed by atoms with van der Waals surface area (Å²) < 4.78 is 0. The van der Waals surface area contributed by atoms with E-state index < -0.39 is 0 Å². The molecule has 0 radical (unpaired) electrons. The third-order valence-corrected chi connectivity index (χ3v) is 16.6. The monoisotopic (exact) mass is 976 g/mol. The van der Waals surface area contributed by atoms with Gasteiger partial charge in [-0.25, -0.2) is 0 Å². The number of allylic oxidation sites excluding steroid dienone is 7. The van der Waals surface area contributed by atoms with Crippen LogP contribution in [-0.4, -0.2) is 13.1 Å². The molecule has 2 aliphatic carbocycles. The van der Waals surface area contributed by atoms with Crippen LogP contribution in [0, 0.1) is 5.92 Å². The van der Waals surface area contributed by atoms with E-state index in [1.165, 1.54) is 99.0 Å². The lowest BCUT2D eigenvalue weighted by Gasteiger charge is -2.38. The molecule has 76 heavy (non-hydrogen) atoms. The molecule has 1 unspecified atom stereocenters. The van der Waals surface area contributed by atoms with Crippen LogP contribution in [0.4, 0.5) is 51.2 Å². The molecule has 0 amide bonds. The summed E-state index contributed by atoms with van der Waals surface area (Å²) in [7, 11) is 0. The van der Waals surface area contributed by atoms with Crippen molar-refractivity contribution in [3.63, 3.8) is 0 Å². The molecule has 0 saturated carbocycles. The van der Waals surface area contributed by atoms with Crippen LogP contribution in [0.25, 0.3) is 53.9 Å². The summed E-state index contributed by atoms with van der Waals surface area (Å²) in [5.74, 6) is 0.388. The van der Waals surface area contributed by atoms with Crippen molar-refractivity contribution in [3.8, 4) is 0 Å². The van der Waals surface area contributed by atoms with Gasteiger partial charge in [0.2, 0.25) is 0 Å². The Morgan fingerprint density at radius 3 is 1.34 bits per heavy atom. The minimum absolute atomic E-state index is 0.388. The minimum atomic E-state index is 0.388. The van der Waals surface area contributed by atoms with E-state index in [2.05, 4.69) is 268 Å². The first kappa shape index (κ1) is 44.4. The Kier molecular flexibility index (Phi) is 10.7. The average molecular weight is 977 g/mol. The molecular formula is C72H56N4. The molecule has 364 valence electrons. The summed E-state index contributed by atoms with van der Waals surface area (Å²) in [6.07, 6.45) is 19.1. The van der Waals surface area contributed by atoms with Crippen LogP contribution >= 0.6 is 0 Å². The van der Waals surface area contributed by atoms with Gasteiger partial charge in [-0.3, -0.25) is 0 Å². The number of hydrogen-bond donors (Lipinski definition) is 0. The van der Waals surface area contributed by atoms with E-state index in [4.69, 9.17) is 0 Å². The highest BCUT2D eigenvalue weighted by Gasteiger charge is 2.30. The lowest BCUT2D eigenvalue weighted by molar-refractivity contribution is 0.767. The van der Waals surface area contributed by atoms with E-state index in [1.807, 2.05) is 0 Å². The van der Waals surface area contributed by atoms with Crippen LogP contribution in [0.15, 0.2) is 260 Å². The van der Waals surface area contributed by atoms with Crippen molar-refractivity contribution in [2.24, 2.45) is 5.92 Å². The quantitative estimate of drug-likeness (QED) is 0.141. The molecule has 0 saturated heterocycles. The largest absolute Gasteiger partial charge is 0.340 e. The summed E-state index contributed by atoms with van der Waals surface area (Å²) in [6.45, 7) is 1.84. The zero-order valence-corrected chi connectivity index (χ0v) is 42.5. The second-order valence-corrected chi connectivity index (χ2v) is 21.0. The Bertz CT molecular complexity index is 4190. The molecule has 15 rings (SSSR count). The first-order valence-corrected chi connectivity index (χ1v) is 27.2. The zero-order valence-electron chi connectivity index (χ0n) is 42.5. The molecule has 0 bridgehead atoms. The molecule has 2 aliphatic heterocycles. The van der Waals surface area contributed by atoms with Crippen molar-refractivity contribution in [1.82, 2.24) is 0 Å². The third-order valence-electron chi connectivity index (χ3n) is 16.6. The van der Waals surface area contributed by atoms with Gasteiger partial charge in [-0.1, -0.05) is 170 Å². The molecular weight excluding hydrogens is 921 g/mol. The first-order chi connectivity index (χ1) is 37.7. The molecule has 2 heterocycles. The summed E-state index contributed by atoms with van der Waals surface area (Å²) in [6, 6.07) is 80.0. The molecule has 0 N–H and O–H groups in total. The van der Waals surface area contributed by atoms with Gasteiger partial charge in [-0.05, 0) is 160 Å². The smallest absolute Gasteiger partial charge is 0.0572 e. The second-order valence-electron chi connectivity index (χ2n) is 21.0. The highest BCUT2D eigenvalue weighted by atomic mass is 15.2. The Morgan fingerprint density at radius 2 is 0.816 bits per heavy atom. The van der Waals surface area contributed by atoms with Crippen LogP contribution < -0.4 is 19.6 Å². The molecule has 11 aromatic rings. The highest BCUT2D eigenvalue weighted by molar-refractivity contribution is 6.23. The van der Waals surface area contributed by atoms with Gasteiger partial charge in [0.25, 0.3) is 0 Å². The molecule has 4 aliphatic rings. The number of anilines is 9. The Hall–Kier alpha value is -9.12. The number of nitrogens with zero attached hydrogens (tertiary/aromatic N) is 4. The van der Waals surface area contributed by atoms with Gasteiger partial charge in [-0.2, -0.15) is 0 Å². The second kappa shape index (κ2) is 18.4. The number of benzene rings is 11. The molecule has 0 aromatic heterocycles. The molecule has 0 spiro atoms. The maximum Gasteiger partial charge on any atom is 0.0572 e. The summed E-state index contributed by atoms with van der Waals surface area (Å²) in [5.41, 5.74) is 16.1. The van der Waals surface area contributed by atoms with Gasteiger partial charge in [-0.15, -0.1) is 0 Å². The van der Waals surface area contributed by atoms with Crippen molar-refractivity contribution < 1.29 is 0 Å². The lowest BCUT2D eigenvalue weighted by Crippen LogP contribution is -2.27. The van der Waals surface area contributed by atoms with Gasteiger partial charge in [0.15, 0.2) is 0 Å². The topological polar surface area (TPSA) is 13.0 Å². The Labute approximate surface area is 444 Å². The molecule has 0 fully saturated rings. The van der Waals surface area contributed by atoms with E-state index in [-0.39, 0.29) is 0 Å². The van der Waals surface area contributed by atoms with Gasteiger partial charge in [0.05, 0.1) is 11.4 Å². The normalized spacial score (nSPS) is 15.9. The van der Waals surface area contributed by atoms with E-state index in [0.717, 1.165) is 73.6 Å². The van der Waals surface area contributed by atoms with Gasteiger partial charge >= 0.3 is 0 Å². The number of para-hydroxylation sites is 2. The van der Waals surface area contributed by atoms with E-state index in [1.54, 1.807) is 0 Å². The number of fused-ring (bicyclic) bond motifs is 8. The van der Waals surface area contributed by atoms with Crippen LogP contribution in [-0.2, 0) is 12.8 Å². The van der Waals surface area contributed by atoms with Crippen LogP contribution in [0.5, 0.6) is 0 Å². The van der Waals surface area contributed by atoms with E-state index in [9.17, 15) is 0 Å². The van der Waals surface area contributed by atoms with Gasteiger partial charge < -0.3 is 19.6 Å². The van der Waals surface area contributed by atoms with E-state index in [0.29, 0.717) is 5.92 Å². The van der Waals surface area contributed by atoms with E-state index >= 15 is 0 Å². The predicted molar refractivity (Wildman–Crippen MR) is 323 cm³/mol. The maximum absolute atomic E-state index is 2.66. The van der Waals surface area contributed by atoms with Crippen molar-refractivity contribution in [3.05, 3.63) is 271 Å². The SMILES string of the molecule is C1=CC2=CC(N(c3ccc4ccccc4c3)c3ccc4c(N5CCCc6ccccc65)c5cc(N(c6ccc7ccccc7c6)c6ccc7ccccc7c6)ccc5c(N5CCCc6ccccc65)c4c3)=CCC2C=C1. The summed E-state index contributed by atoms with van der Waals surface area (Å²) in [5, 5.41) is 12.4. The number of rotatable bonds is 8.